The monoisotopic (exact) mass is 344 g/mol. The normalized spacial score (nSPS) is 10.5. The van der Waals surface area contributed by atoms with Crippen LogP contribution in [0.25, 0.3) is 0 Å². The number of benzene rings is 1. The van der Waals surface area contributed by atoms with Gasteiger partial charge >= 0.3 is 0 Å². The van der Waals surface area contributed by atoms with Crippen molar-refractivity contribution >= 4 is 28.6 Å². The number of thiophene rings is 1. The van der Waals surface area contributed by atoms with Crippen LogP contribution in [0.15, 0.2) is 52.0 Å². The average Bonchev–Trinajstić information content (AvgIpc) is 3.26. The molecule has 4 nitrogen and oxygen atoms in total. The Morgan fingerprint density at radius 2 is 2.00 bits per heavy atom. The molecule has 3 rings (SSSR count). The number of hydrogen-bond donors (Lipinski definition) is 0. The molecule has 0 aliphatic rings. The molecule has 3 aromatic rings. The molecule has 0 saturated carbocycles. The summed E-state index contributed by atoms with van der Waals surface area (Å²) in [5, 5.41) is 6.03. The maximum atomic E-state index is 12.4. The van der Waals surface area contributed by atoms with Crippen molar-refractivity contribution in [2.24, 2.45) is 0 Å². The Bertz CT molecular complexity index is 738. The lowest BCUT2D eigenvalue weighted by Crippen LogP contribution is -2.25. The van der Waals surface area contributed by atoms with Crippen LogP contribution >= 0.6 is 22.7 Å². The predicted molar refractivity (Wildman–Crippen MR) is 93.0 cm³/mol. The molecule has 23 heavy (non-hydrogen) atoms. The van der Waals surface area contributed by atoms with Crippen LogP contribution in [0.5, 0.6) is 5.75 Å². The zero-order valence-corrected chi connectivity index (χ0v) is 14.3. The molecule has 0 atom stereocenters. The Morgan fingerprint density at radius 3 is 2.65 bits per heavy atom. The average molecular weight is 344 g/mol. The molecular weight excluding hydrogens is 328 g/mol. The van der Waals surface area contributed by atoms with Gasteiger partial charge in [0, 0.05) is 24.5 Å². The lowest BCUT2D eigenvalue weighted by Gasteiger charge is -2.16. The minimum absolute atomic E-state index is 0.00208. The SMILES string of the molecule is CN(Cc1ccsc1)C(=O)c1ccc(OCc2cscn2)cc1. The molecule has 118 valence electrons. The second-order valence-electron chi connectivity index (χ2n) is 5.09. The lowest BCUT2D eigenvalue weighted by atomic mass is 10.2. The summed E-state index contributed by atoms with van der Waals surface area (Å²) in [5.74, 6) is 0.734. The molecule has 6 heteroatoms. The summed E-state index contributed by atoms with van der Waals surface area (Å²) in [6.45, 7) is 1.05. The summed E-state index contributed by atoms with van der Waals surface area (Å²) in [7, 11) is 1.81. The van der Waals surface area contributed by atoms with Gasteiger partial charge in [0.25, 0.3) is 5.91 Å². The van der Waals surface area contributed by atoms with E-state index in [0.717, 1.165) is 17.0 Å². The molecule has 0 aliphatic heterocycles. The molecular formula is C17H16N2O2S2. The van der Waals surface area contributed by atoms with Gasteiger partial charge in [-0.2, -0.15) is 11.3 Å². The summed E-state index contributed by atoms with van der Waals surface area (Å²) >= 11 is 3.18. The van der Waals surface area contributed by atoms with Crippen molar-refractivity contribution in [1.82, 2.24) is 9.88 Å². The highest BCUT2D eigenvalue weighted by atomic mass is 32.1. The molecule has 2 aromatic heterocycles. The van der Waals surface area contributed by atoms with Crippen LogP contribution in [0.4, 0.5) is 0 Å². The molecule has 2 heterocycles. The fraction of sp³-hybridized carbons (Fsp3) is 0.176. The van der Waals surface area contributed by atoms with Crippen LogP contribution in [-0.4, -0.2) is 22.8 Å². The number of nitrogens with zero attached hydrogens (tertiary/aromatic N) is 2. The van der Waals surface area contributed by atoms with Crippen molar-refractivity contribution in [2.75, 3.05) is 7.05 Å². The fourth-order valence-electron chi connectivity index (χ4n) is 2.11. The number of carbonyl (C=O) groups is 1. The number of ether oxygens (including phenoxy) is 1. The first-order chi connectivity index (χ1) is 11.2. The molecule has 0 radical (unpaired) electrons. The molecule has 1 amide bonds. The van der Waals surface area contributed by atoms with E-state index >= 15 is 0 Å². The molecule has 0 fully saturated rings. The van der Waals surface area contributed by atoms with Crippen LogP contribution in [0.2, 0.25) is 0 Å². The van der Waals surface area contributed by atoms with Gasteiger partial charge in [-0.05, 0) is 46.7 Å². The van der Waals surface area contributed by atoms with E-state index in [1.165, 1.54) is 0 Å². The van der Waals surface area contributed by atoms with Crippen LogP contribution in [0.1, 0.15) is 21.6 Å². The van der Waals surface area contributed by atoms with Gasteiger partial charge in [0.2, 0.25) is 0 Å². The van der Waals surface area contributed by atoms with Gasteiger partial charge in [0.15, 0.2) is 0 Å². The molecule has 1 aromatic carbocycles. The maximum absolute atomic E-state index is 12.4. The summed E-state index contributed by atoms with van der Waals surface area (Å²) < 4.78 is 5.65. The van der Waals surface area contributed by atoms with E-state index in [-0.39, 0.29) is 5.91 Å². The van der Waals surface area contributed by atoms with Crippen LogP contribution < -0.4 is 4.74 Å². The highest BCUT2D eigenvalue weighted by molar-refractivity contribution is 7.08. The molecule has 0 N–H and O–H groups in total. The van der Waals surface area contributed by atoms with Gasteiger partial charge in [-0.15, -0.1) is 11.3 Å². The lowest BCUT2D eigenvalue weighted by molar-refractivity contribution is 0.0785. The number of rotatable bonds is 6. The second-order valence-corrected chi connectivity index (χ2v) is 6.58. The van der Waals surface area contributed by atoms with Crippen molar-refractivity contribution in [3.05, 3.63) is 68.8 Å². The number of carbonyl (C=O) groups excluding carboxylic acids is 1. The molecule has 0 aliphatic carbocycles. The van der Waals surface area contributed by atoms with Crippen molar-refractivity contribution < 1.29 is 9.53 Å². The first-order valence-electron chi connectivity index (χ1n) is 7.09. The third-order valence-corrected chi connectivity index (χ3v) is 4.69. The first-order valence-corrected chi connectivity index (χ1v) is 8.97. The highest BCUT2D eigenvalue weighted by Gasteiger charge is 2.12. The number of hydrogen-bond acceptors (Lipinski definition) is 5. The molecule has 0 saturated heterocycles. The third-order valence-electron chi connectivity index (χ3n) is 3.32. The van der Waals surface area contributed by atoms with E-state index < -0.39 is 0 Å². The Balaban J connectivity index is 1.58. The van der Waals surface area contributed by atoms with Gasteiger partial charge in [-0.3, -0.25) is 4.79 Å². The minimum atomic E-state index is 0.00208. The topological polar surface area (TPSA) is 42.4 Å². The van der Waals surface area contributed by atoms with Crippen molar-refractivity contribution in [3.63, 3.8) is 0 Å². The highest BCUT2D eigenvalue weighted by Crippen LogP contribution is 2.16. The van der Waals surface area contributed by atoms with E-state index in [1.54, 1.807) is 45.2 Å². The third kappa shape index (κ3) is 4.18. The van der Waals surface area contributed by atoms with E-state index in [4.69, 9.17) is 4.74 Å². The Morgan fingerprint density at radius 1 is 1.17 bits per heavy atom. The van der Waals surface area contributed by atoms with E-state index in [2.05, 4.69) is 10.4 Å². The predicted octanol–water partition coefficient (Wildman–Crippen LogP) is 4.06. The van der Waals surface area contributed by atoms with E-state index in [1.807, 2.05) is 36.0 Å². The van der Waals surface area contributed by atoms with Gasteiger partial charge in [0.05, 0.1) is 11.2 Å². The van der Waals surface area contributed by atoms with Gasteiger partial charge in [-0.25, -0.2) is 4.98 Å². The van der Waals surface area contributed by atoms with Gasteiger partial charge in [0.1, 0.15) is 12.4 Å². The molecule has 0 unspecified atom stereocenters. The van der Waals surface area contributed by atoms with E-state index in [9.17, 15) is 4.79 Å². The Kier molecular flexibility index (Phi) is 5.05. The van der Waals surface area contributed by atoms with Crippen LogP contribution in [-0.2, 0) is 13.2 Å². The van der Waals surface area contributed by atoms with E-state index in [0.29, 0.717) is 18.7 Å². The Hall–Kier alpha value is -2.18. The summed E-state index contributed by atoms with van der Waals surface area (Å²) in [6, 6.07) is 9.26. The van der Waals surface area contributed by atoms with Crippen molar-refractivity contribution in [3.8, 4) is 5.75 Å². The Labute approximate surface area is 143 Å². The summed E-state index contributed by atoms with van der Waals surface area (Å²) in [4.78, 5) is 18.3. The smallest absolute Gasteiger partial charge is 0.253 e. The van der Waals surface area contributed by atoms with Gasteiger partial charge in [-0.1, -0.05) is 0 Å². The number of aromatic nitrogens is 1. The zero-order valence-electron chi connectivity index (χ0n) is 12.6. The maximum Gasteiger partial charge on any atom is 0.253 e. The molecule has 0 spiro atoms. The standard InChI is InChI=1S/C17H16N2O2S2/c1-19(8-13-6-7-22-10-13)17(20)14-2-4-16(5-3-14)21-9-15-11-23-12-18-15/h2-7,10-12H,8-9H2,1H3. The van der Waals surface area contributed by atoms with Crippen molar-refractivity contribution in [2.45, 2.75) is 13.2 Å². The fourth-order valence-corrected chi connectivity index (χ4v) is 3.31. The zero-order chi connectivity index (χ0) is 16.1. The van der Waals surface area contributed by atoms with Gasteiger partial charge < -0.3 is 9.64 Å². The largest absolute Gasteiger partial charge is 0.487 e. The molecule has 0 bridgehead atoms. The van der Waals surface area contributed by atoms with Crippen LogP contribution in [0, 0.1) is 0 Å². The van der Waals surface area contributed by atoms with Crippen LogP contribution in [0.3, 0.4) is 0 Å². The first kappa shape index (κ1) is 15.7. The summed E-state index contributed by atoms with van der Waals surface area (Å²) in [6.07, 6.45) is 0. The summed E-state index contributed by atoms with van der Waals surface area (Å²) in [5.41, 5.74) is 4.49. The quantitative estimate of drug-likeness (QED) is 0.677. The minimum Gasteiger partial charge on any atom is -0.487 e. The number of thiazole rings is 1. The van der Waals surface area contributed by atoms with Crippen molar-refractivity contribution in [1.29, 1.82) is 0 Å². The second kappa shape index (κ2) is 7.39. The number of amides is 1.